The number of likely N-dealkylation sites (tertiary alicyclic amines) is 2. The van der Waals surface area contributed by atoms with Crippen molar-refractivity contribution in [2.45, 2.75) is 41.3 Å². The third kappa shape index (κ3) is 3.51. The summed E-state index contributed by atoms with van der Waals surface area (Å²) in [6.07, 6.45) is 1.77. The fraction of sp³-hybridized carbons (Fsp3) is 0.480. The molecule has 0 spiro atoms. The number of phenols is 1. The van der Waals surface area contributed by atoms with Crippen molar-refractivity contribution in [3.8, 4) is 5.75 Å². The minimum atomic E-state index is -1.97. The second-order valence-electron chi connectivity index (χ2n) is 9.87. The van der Waals surface area contributed by atoms with E-state index in [9.17, 15) is 29.1 Å². The first-order valence-corrected chi connectivity index (χ1v) is 13.7. The highest BCUT2D eigenvalue weighted by molar-refractivity contribution is 9.09. The summed E-state index contributed by atoms with van der Waals surface area (Å²) in [7, 11) is 0. The molecular formula is C25H23BrCl2N2O7. The molecule has 4 aliphatic rings. The summed E-state index contributed by atoms with van der Waals surface area (Å²) in [6, 6.07) is 6.32. The lowest BCUT2D eigenvalue weighted by Crippen LogP contribution is -2.60. The van der Waals surface area contributed by atoms with Gasteiger partial charge in [0.15, 0.2) is 9.75 Å². The number of hydrogen-bond acceptors (Lipinski definition) is 6. The van der Waals surface area contributed by atoms with E-state index in [1.54, 1.807) is 24.3 Å². The summed E-state index contributed by atoms with van der Waals surface area (Å²) in [5, 5.41) is 19.7. The van der Waals surface area contributed by atoms with E-state index in [4.69, 9.17) is 28.3 Å². The molecule has 5 rings (SSSR count). The molecule has 37 heavy (non-hydrogen) atoms. The normalized spacial score (nSPS) is 34.8. The quantitative estimate of drug-likeness (QED) is 0.218. The van der Waals surface area contributed by atoms with Crippen LogP contribution in [0.3, 0.4) is 0 Å². The van der Waals surface area contributed by atoms with Crippen LogP contribution in [0, 0.1) is 17.8 Å². The van der Waals surface area contributed by atoms with Gasteiger partial charge in [-0.05, 0) is 31.2 Å². The van der Waals surface area contributed by atoms with Crippen LogP contribution >= 0.6 is 39.1 Å². The van der Waals surface area contributed by atoms with Crippen molar-refractivity contribution < 1.29 is 34.2 Å². The lowest BCUT2D eigenvalue weighted by atomic mass is 9.56. The Hall–Kier alpha value is -2.43. The minimum Gasteiger partial charge on any atom is -0.508 e. The number of nitrogens with zero attached hydrogens (tertiary/aromatic N) is 2. The average molecular weight is 614 g/mol. The first kappa shape index (κ1) is 26.2. The van der Waals surface area contributed by atoms with E-state index in [2.05, 4.69) is 15.9 Å². The van der Waals surface area contributed by atoms with Crippen LogP contribution in [0.1, 0.15) is 37.2 Å². The van der Waals surface area contributed by atoms with Gasteiger partial charge in [-0.15, -0.1) is 23.2 Å². The highest BCUT2D eigenvalue weighted by Crippen LogP contribution is 2.66. The number of rotatable bonds is 6. The molecule has 196 valence electrons. The van der Waals surface area contributed by atoms with Crippen molar-refractivity contribution in [1.82, 2.24) is 9.80 Å². The number of para-hydroxylation sites is 1. The number of hydrogen-bond donors (Lipinski definition) is 2. The van der Waals surface area contributed by atoms with E-state index in [1.165, 1.54) is 6.07 Å². The summed E-state index contributed by atoms with van der Waals surface area (Å²) in [6.45, 7) is -0.0256. The van der Waals surface area contributed by atoms with E-state index in [-0.39, 0.29) is 43.4 Å². The molecule has 2 aliphatic carbocycles. The van der Waals surface area contributed by atoms with E-state index in [1.807, 2.05) is 0 Å². The minimum absolute atomic E-state index is 0.0256. The molecule has 12 heteroatoms. The Bertz CT molecular complexity index is 1270. The van der Waals surface area contributed by atoms with E-state index >= 15 is 0 Å². The molecule has 2 N–H and O–H groups in total. The number of amides is 4. The number of carboxylic acid groups (broad SMARTS) is 1. The number of phenolic OH excluding ortho intramolecular Hbond substituents is 1. The number of aromatic hydroxyl groups is 1. The maximum Gasteiger partial charge on any atom is 0.303 e. The maximum atomic E-state index is 13.6. The average Bonchev–Trinajstić information content (AvgIpc) is 3.18. The molecular weight excluding hydrogens is 591 g/mol. The van der Waals surface area contributed by atoms with Crippen molar-refractivity contribution in [2.75, 3.05) is 12.0 Å². The molecule has 2 heterocycles. The number of alkyl halides is 3. The van der Waals surface area contributed by atoms with Gasteiger partial charge in [-0.2, -0.15) is 0 Å². The van der Waals surface area contributed by atoms with Crippen LogP contribution in [0.2, 0.25) is 0 Å². The van der Waals surface area contributed by atoms with Gasteiger partial charge in [-0.1, -0.05) is 45.8 Å². The number of carbonyl (C=O) groups excluding carboxylic acids is 4. The van der Waals surface area contributed by atoms with Gasteiger partial charge in [0.05, 0.1) is 17.3 Å². The Morgan fingerprint density at radius 3 is 2.41 bits per heavy atom. The summed E-state index contributed by atoms with van der Waals surface area (Å²) in [5.74, 6) is -6.69. The van der Waals surface area contributed by atoms with Crippen molar-refractivity contribution in [2.24, 2.45) is 17.8 Å². The molecule has 1 saturated carbocycles. The van der Waals surface area contributed by atoms with Crippen molar-refractivity contribution in [1.29, 1.82) is 0 Å². The molecule has 0 unspecified atom stereocenters. The third-order valence-electron chi connectivity index (χ3n) is 8.13. The lowest BCUT2D eigenvalue weighted by molar-refractivity contribution is -0.142. The smallest absolute Gasteiger partial charge is 0.303 e. The van der Waals surface area contributed by atoms with Gasteiger partial charge in [0, 0.05) is 24.4 Å². The van der Waals surface area contributed by atoms with E-state index in [0.717, 1.165) is 9.80 Å². The van der Waals surface area contributed by atoms with Gasteiger partial charge in [0.25, 0.3) is 11.8 Å². The Morgan fingerprint density at radius 1 is 1.05 bits per heavy atom. The number of carboxylic acids is 1. The van der Waals surface area contributed by atoms with Crippen LogP contribution in [0.5, 0.6) is 5.75 Å². The summed E-state index contributed by atoms with van der Waals surface area (Å²) < 4.78 is 0. The standard InChI is InChI=1S/C25H23BrCl2N2O7/c26-11-30-22(36)24(27)10-15-12(19(25(24,28)23(30)37)13-4-1-2-5-16(13)31)7-8-14-18(15)21(35)29(20(14)34)9-3-6-17(32)33/h1-2,4-5,7,14-15,18-19,31H,3,6,8-11H2,(H,32,33)/t14-,15+,18-,19+,24+,25-/m0/s1. The zero-order valence-corrected chi connectivity index (χ0v) is 22.5. The van der Waals surface area contributed by atoms with Crippen LogP contribution in [-0.4, -0.2) is 71.4 Å². The van der Waals surface area contributed by atoms with E-state index in [0.29, 0.717) is 11.1 Å². The van der Waals surface area contributed by atoms with Gasteiger partial charge < -0.3 is 10.2 Å². The summed E-state index contributed by atoms with van der Waals surface area (Å²) >= 11 is 17.3. The molecule has 2 saturated heterocycles. The predicted octanol–water partition coefficient (Wildman–Crippen LogP) is 2.97. The molecule has 0 aromatic heterocycles. The molecule has 0 radical (unpaired) electrons. The zero-order chi connectivity index (χ0) is 26.9. The molecule has 1 aromatic rings. The molecule has 0 bridgehead atoms. The molecule has 3 fully saturated rings. The predicted molar refractivity (Wildman–Crippen MR) is 135 cm³/mol. The molecule has 9 nitrogen and oxygen atoms in total. The number of fused-ring (bicyclic) bond motifs is 4. The van der Waals surface area contributed by atoms with Crippen molar-refractivity contribution in [3.05, 3.63) is 41.5 Å². The summed E-state index contributed by atoms with van der Waals surface area (Å²) in [4.78, 5) is 63.0. The van der Waals surface area contributed by atoms with Gasteiger partial charge in [-0.3, -0.25) is 33.8 Å². The fourth-order valence-electron chi connectivity index (χ4n) is 6.50. The Morgan fingerprint density at radius 2 is 1.76 bits per heavy atom. The zero-order valence-electron chi connectivity index (χ0n) is 19.4. The maximum absolute atomic E-state index is 13.6. The fourth-order valence-corrected chi connectivity index (χ4v) is 7.92. The number of imide groups is 2. The van der Waals surface area contributed by atoms with Crippen LogP contribution in [-0.2, 0) is 24.0 Å². The highest BCUT2D eigenvalue weighted by Gasteiger charge is 2.76. The molecule has 1 aromatic carbocycles. The van der Waals surface area contributed by atoms with Crippen molar-refractivity contribution >= 4 is 68.7 Å². The van der Waals surface area contributed by atoms with Gasteiger partial charge in [-0.25, -0.2) is 0 Å². The topological polar surface area (TPSA) is 132 Å². The SMILES string of the molecule is O=C(O)CCCN1C(=O)[C@H]2[C@H](CC=C3[C@H]2C[C@@]2(Cl)C(=O)N(CBr)C(=O)[C@@]2(Cl)[C@H]3c2ccccc2O)C1=O. The van der Waals surface area contributed by atoms with Crippen LogP contribution in [0.15, 0.2) is 35.9 Å². The van der Waals surface area contributed by atoms with Crippen LogP contribution in [0.25, 0.3) is 0 Å². The third-order valence-corrected chi connectivity index (χ3v) is 10.0. The highest BCUT2D eigenvalue weighted by atomic mass is 79.9. The Labute approximate surface area is 230 Å². The Kier molecular flexibility index (Phi) is 6.44. The first-order chi connectivity index (χ1) is 17.5. The van der Waals surface area contributed by atoms with Gasteiger partial charge >= 0.3 is 5.97 Å². The largest absolute Gasteiger partial charge is 0.508 e. The second-order valence-corrected chi connectivity index (χ2v) is 11.6. The van der Waals surface area contributed by atoms with E-state index < -0.39 is 63.0 Å². The van der Waals surface area contributed by atoms with Crippen LogP contribution in [0.4, 0.5) is 0 Å². The van der Waals surface area contributed by atoms with Crippen molar-refractivity contribution in [3.63, 3.8) is 0 Å². The number of allylic oxidation sites excluding steroid dienone is 2. The Balaban J connectivity index is 1.63. The number of benzene rings is 1. The molecule has 6 atom stereocenters. The summed E-state index contributed by atoms with van der Waals surface area (Å²) in [5.41, 5.74) is 0.746. The second kappa shape index (κ2) is 9.10. The van der Waals surface area contributed by atoms with Gasteiger partial charge in [0.1, 0.15) is 5.75 Å². The van der Waals surface area contributed by atoms with Gasteiger partial charge in [0.2, 0.25) is 11.8 Å². The van der Waals surface area contributed by atoms with Crippen LogP contribution < -0.4 is 0 Å². The monoisotopic (exact) mass is 612 g/mol. The first-order valence-electron chi connectivity index (χ1n) is 11.8. The number of aliphatic carboxylic acids is 1. The number of carbonyl (C=O) groups is 5. The number of halogens is 3. The lowest BCUT2D eigenvalue weighted by Gasteiger charge is -2.50. The molecule has 2 aliphatic heterocycles. The molecule has 4 amide bonds.